The van der Waals surface area contributed by atoms with Crippen molar-refractivity contribution in [3.8, 4) is 5.75 Å². The van der Waals surface area contributed by atoms with Crippen LogP contribution in [0, 0.1) is 0 Å². The number of ketones is 1. The molecule has 0 aliphatic rings. The van der Waals surface area contributed by atoms with Gasteiger partial charge in [0.25, 0.3) is 0 Å². The molecular weight excluding hydrogens is 565 g/mol. The summed E-state index contributed by atoms with van der Waals surface area (Å²) in [6.45, 7) is 1.06. The van der Waals surface area contributed by atoms with Gasteiger partial charge in [0.1, 0.15) is 12.4 Å². The van der Waals surface area contributed by atoms with Crippen molar-refractivity contribution in [3.63, 3.8) is 0 Å². The number of carbonyl (C=O) groups is 2. The monoisotopic (exact) mass is 576 g/mol. The van der Waals surface area contributed by atoms with Crippen LogP contribution in [0.25, 0.3) is 0 Å². The van der Waals surface area contributed by atoms with E-state index in [9.17, 15) is 75.4 Å². The lowest BCUT2D eigenvalue weighted by Crippen LogP contribution is -2.73. The number of ether oxygens (including phenoxy) is 2. The third-order valence-electron chi connectivity index (χ3n) is 4.41. The number of carbonyl (C=O) groups excluding carboxylic acids is 2. The second-order valence-corrected chi connectivity index (χ2v) is 6.92. The normalized spacial score (nSPS) is 14.5. The van der Waals surface area contributed by atoms with E-state index in [0.717, 1.165) is 0 Å². The fourth-order valence-electron chi connectivity index (χ4n) is 2.25. The Bertz CT molecular complexity index is 984. The largest absolute Gasteiger partial charge is 0.460 e. The fourth-order valence-corrected chi connectivity index (χ4v) is 2.25. The molecule has 0 heterocycles. The Morgan fingerprint density at radius 3 is 1.46 bits per heavy atom. The van der Waals surface area contributed by atoms with Gasteiger partial charge in [-0.25, -0.2) is 4.79 Å². The lowest BCUT2D eigenvalue weighted by atomic mass is 9.91. The topological polar surface area (TPSA) is 52.6 Å². The van der Waals surface area contributed by atoms with Crippen LogP contribution in [0.2, 0.25) is 0 Å². The maximum absolute atomic E-state index is 13.8. The Morgan fingerprint density at radius 1 is 0.649 bits per heavy atom. The van der Waals surface area contributed by atoms with E-state index in [1.165, 1.54) is 6.92 Å². The van der Waals surface area contributed by atoms with Gasteiger partial charge in [0.05, 0.1) is 0 Å². The molecule has 0 aromatic heterocycles. The summed E-state index contributed by atoms with van der Waals surface area (Å²) in [5.74, 6) is -54.5. The van der Waals surface area contributed by atoms with Gasteiger partial charge in [0.2, 0.25) is 0 Å². The number of benzene rings is 1. The van der Waals surface area contributed by atoms with E-state index in [1.807, 2.05) is 0 Å². The zero-order chi connectivity index (χ0) is 29.5. The first-order valence-corrected chi connectivity index (χ1v) is 9.11. The van der Waals surface area contributed by atoms with Crippen molar-refractivity contribution >= 4 is 11.8 Å². The van der Waals surface area contributed by atoms with Crippen LogP contribution in [0.15, 0.2) is 24.3 Å². The molecule has 0 unspecified atom stereocenters. The van der Waals surface area contributed by atoms with Crippen molar-refractivity contribution in [2.45, 2.75) is 48.6 Å². The predicted octanol–water partition coefficient (Wildman–Crippen LogP) is 6.19. The van der Waals surface area contributed by atoms with Crippen molar-refractivity contribution < 1.29 is 84.9 Å². The number of hydrogen-bond donors (Lipinski definition) is 0. The molecule has 0 saturated heterocycles. The van der Waals surface area contributed by atoms with Gasteiger partial charge >= 0.3 is 47.7 Å². The molecule has 4 nitrogen and oxygen atoms in total. The number of Topliss-reactive ketones (excluding diaryl/α,β-unsaturated/α-hetero) is 1. The van der Waals surface area contributed by atoms with Crippen LogP contribution in [0.4, 0.5) is 65.9 Å². The predicted molar refractivity (Wildman–Crippen MR) is 88.6 cm³/mol. The van der Waals surface area contributed by atoms with Gasteiger partial charge in [-0.2, -0.15) is 65.9 Å². The quantitative estimate of drug-likeness (QED) is 0.137. The van der Waals surface area contributed by atoms with Crippen molar-refractivity contribution in [2.24, 2.45) is 0 Å². The summed E-state index contributed by atoms with van der Waals surface area (Å²) in [5.41, 5.74) is -0.260. The Kier molecular flexibility index (Phi) is 8.61. The molecule has 0 saturated carbocycles. The van der Waals surface area contributed by atoms with Crippen LogP contribution in [-0.4, -0.2) is 66.7 Å². The van der Waals surface area contributed by atoms with Gasteiger partial charge in [-0.15, -0.1) is 0 Å². The zero-order valence-electron chi connectivity index (χ0n) is 17.5. The van der Waals surface area contributed by atoms with Crippen molar-refractivity contribution in [2.75, 3.05) is 13.2 Å². The van der Waals surface area contributed by atoms with Crippen LogP contribution in [0.5, 0.6) is 5.75 Å². The molecule has 212 valence electrons. The Balaban J connectivity index is 3.34. The van der Waals surface area contributed by atoms with Gasteiger partial charge in [0, 0.05) is 12.2 Å². The van der Waals surface area contributed by atoms with E-state index in [4.69, 9.17) is 4.74 Å². The van der Waals surface area contributed by atoms with Crippen LogP contribution in [0.1, 0.15) is 17.3 Å². The van der Waals surface area contributed by atoms with Gasteiger partial charge in [-0.1, -0.05) is 0 Å². The van der Waals surface area contributed by atoms with Crippen molar-refractivity contribution in [3.05, 3.63) is 29.8 Å². The van der Waals surface area contributed by atoms with Gasteiger partial charge in [-0.3, -0.25) is 4.79 Å². The highest BCUT2D eigenvalue weighted by Gasteiger charge is 2.94. The zero-order valence-corrected chi connectivity index (χ0v) is 17.5. The molecule has 0 N–H and O–H groups in total. The third-order valence-corrected chi connectivity index (χ3v) is 4.41. The number of halogens is 15. The first kappa shape index (κ1) is 32.3. The molecular formula is C18H11F15O4. The summed E-state index contributed by atoms with van der Waals surface area (Å²) in [6.07, 6.45) is -7.73. The minimum absolute atomic E-state index is 0.0776. The van der Waals surface area contributed by atoms with E-state index in [1.54, 1.807) is 0 Å². The minimum atomic E-state index is -8.52. The van der Waals surface area contributed by atoms with Crippen LogP contribution in [-0.2, 0) is 9.53 Å². The standard InChI is InChI=1S/C18H11F15O4/c1-2-36-7-10(34)8-3-5-9(6-4-8)37-11(35)12(19,20)13(21,22)14(23,24)15(25,26)16(27,28)17(29,30)18(31,32)33/h3-6H,2,7H2,1H3. The lowest BCUT2D eigenvalue weighted by Gasteiger charge is -2.40. The SMILES string of the molecule is CCOCC(=O)c1ccc(OC(=O)C(F)(F)C(F)(F)C(F)(F)C(F)(F)C(F)(F)C(F)(F)C(F)(F)F)cc1. The summed E-state index contributed by atoms with van der Waals surface area (Å²) in [5, 5.41) is 0. The molecule has 0 aliphatic heterocycles. The number of rotatable bonds is 11. The van der Waals surface area contributed by atoms with Gasteiger partial charge in [-0.05, 0) is 31.2 Å². The molecule has 0 fully saturated rings. The molecule has 0 atom stereocenters. The molecule has 19 heteroatoms. The van der Waals surface area contributed by atoms with E-state index >= 15 is 0 Å². The second-order valence-electron chi connectivity index (χ2n) is 6.92. The molecule has 0 spiro atoms. The van der Waals surface area contributed by atoms with Crippen LogP contribution >= 0.6 is 0 Å². The van der Waals surface area contributed by atoms with E-state index in [-0.39, 0.29) is 12.2 Å². The molecule has 37 heavy (non-hydrogen) atoms. The first-order chi connectivity index (χ1) is 16.3. The Labute approximate surface area is 195 Å². The summed E-state index contributed by atoms with van der Waals surface area (Å²) in [4.78, 5) is 23.0. The molecule has 0 aliphatic carbocycles. The molecule has 0 amide bonds. The maximum Gasteiger partial charge on any atom is 0.460 e. The average molecular weight is 576 g/mol. The number of hydrogen-bond acceptors (Lipinski definition) is 4. The number of alkyl halides is 15. The molecule has 0 bridgehead atoms. The lowest BCUT2D eigenvalue weighted by molar-refractivity contribution is -0.450. The van der Waals surface area contributed by atoms with Crippen molar-refractivity contribution in [1.82, 2.24) is 0 Å². The highest BCUT2D eigenvalue weighted by Crippen LogP contribution is 2.62. The molecule has 0 radical (unpaired) electrons. The van der Waals surface area contributed by atoms with E-state index < -0.39 is 65.8 Å². The second kappa shape index (κ2) is 9.86. The smallest absolute Gasteiger partial charge is 0.422 e. The summed E-state index contributed by atoms with van der Waals surface area (Å²) in [6, 6.07) is 2.25. The maximum atomic E-state index is 13.8. The van der Waals surface area contributed by atoms with E-state index in [2.05, 4.69) is 4.74 Å². The first-order valence-electron chi connectivity index (χ1n) is 9.11. The van der Waals surface area contributed by atoms with Gasteiger partial charge in [0.15, 0.2) is 5.78 Å². The minimum Gasteiger partial charge on any atom is -0.422 e. The number of esters is 1. The van der Waals surface area contributed by atoms with Crippen LogP contribution < -0.4 is 4.74 Å². The average Bonchev–Trinajstić information content (AvgIpc) is 2.76. The van der Waals surface area contributed by atoms with E-state index in [0.29, 0.717) is 24.3 Å². The summed E-state index contributed by atoms with van der Waals surface area (Å²) in [7, 11) is 0. The van der Waals surface area contributed by atoms with Crippen LogP contribution in [0.3, 0.4) is 0 Å². The highest BCUT2D eigenvalue weighted by atomic mass is 19.4. The fraction of sp³-hybridized carbons (Fsp3) is 0.556. The summed E-state index contributed by atoms with van der Waals surface area (Å²) >= 11 is 0. The highest BCUT2D eigenvalue weighted by molar-refractivity contribution is 5.97. The molecule has 1 aromatic carbocycles. The molecule has 1 rings (SSSR count). The Morgan fingerprint density at radius 2 is 1.05 bits per heavy atom. The Hall–Kier alpha value is -2.73. The molecule has 1 aromatic rings. The van der Waals surface area contributed by atoms with Gasteiger partial charge < -0.3 is 9.47 Å². The third kappa shape index (κ3) is 5.18. The summed E-state index contributed by atoms with van der Waals surface area (Å²) < 4.78 is 206. The van der Waals surface area contributed by atoms with Crippen molar-refractivity contribution in [1.29, 1.82) is 0 Å².